The van der Waals surface area contributed by atoms with Crippen LogP contribution in [0.1, 0.15) is 9.67 Å². The fraction of sp³-hybridized carbons (Fsp3) is 0.0556. The number of carbonyl (C=O) groups is 1. The van der Waals surface area contributed by atoms with Crippen molar-refractivity contribution in [3.63, 3.8) is 0 Å². The third-order valence-electron chi connectivity index (χ3n) is 3.71. The largest absolute Gasteiger partial charge is 0.477 e. The van der Waals surface area contributed by atoms with Crippen molar-refractivity contribution in [1.82, 2.24) is 0 Å². The molecule has 0 unspecified atom stereocenters. The fourth-order valence-electron chi connectivity index (χ4n) is 2.51. The van der Waals surface area contributed by atoms with Gasteiger partial charge in [-0.05, 0) is 35.4 Å². The fourth-order valence-corrected chi connectivity index (χ4v) is 4.08. The number of sulfone groups is 1. The molecule has 0 aliphatic heterocycles. The predicted molar refractivity (Wildman–Crippen MR) is 95.2 cm³/mol. The zero-order chi connectivity index (χ0) is 18.2. The van der Waals surface area contributed by atoms with Gasteiger partial charge in [0.25, 0.3) is 0 Å². The average Bonchev–Trinajstić information content (AvgIpc) is 3.00. The highest BCUT2D eigenvalue weighted by atomic mass is 32.2. The standard InChI is InChI=1S/C18H13FO4S2/c1-25(22,23)14-8-4-12(5-9-14)16-15(10-24-17(16)18(20)21)11-2-6-13(19)7-3-11/h2-10H,1H3,(H,20,21). The maximum atomic E-state index is 13.2. The van der Waals surface area contributed by atoms with Gasteiger partial charge in [-0.1, -0.05) is 24.3 Å². The zero-order valence-corrected chi connectivity index (χ0v) is 14.7. The Morgan fingerprint density at radius 1 is 1.00 bits per heavy atom. The summed E-state index contributed by atoms with van der Waals surface area (Å²) in [6, 6.07) is 11.8. The topological polar surface area (TPSA) is 71.4 Å². The summed E-state index contributed by atoms with van der Waals surface area (Å²) in [5, 5.41) is 11.2. The molecule has 0 amide bonds. The molecule has 0 spiro atoms. The van der Waals surface area contributed by atoms with Gasteiger partial charge in [0.2, 0.25) is 0 Å². The van der Waals surface area contributed by atoms with Crippen molar-refractivity contribution >= 4 is 27.1 Å². The molecule has 0 bridgehead atoms. The van der Waals surface area contributed by atoms with Crippen molar-refractivity contribution < 1.29 is 22.7 Å². The molecular weight excluding hydrogens is 363 g/mol. The van der Waals surface area contributed by atoms with Crippen LogP contribution in [0.3, 0.4) is 0 Å². The molecule has 0 aliphatic rings. The minimum atomic E-state index is -3.34. The monoisotopic (exact) mass is 376 g/mol. The summed E-state index contributed by atoms with van der Waals surface area (Å²) in [4.78, 5) is 11.9. The number of hydrogen-bond donors (Lipinski definition) is 1. The summed E-state index contributed by atoms with van der Waals surface area (Å²) in [5.41, 5.74) is 2.43. The van der Waals surface area contributed by atoms with E-state index >= 15 is 0 Å². The highest BCUT2D eigenvalue weighted by molar-refractivity contribution is 7.90. The first-order chi connectivity index (χ1) is 11.8. The number of halogens is 1. The van der Waals surface area contributed by atoms with E-state index in [2.05, 4.69) is 0 Å². The summed E-state index contributed by atoms with van der Waals surface area (Å²) >= 11 is 1.08. The molecule has 0 saturated heterocycles. The second-order valence-electron chi connectivity index (χ2n) is 5.46. The Kier molecular flexibility index (Phi) is 4.45. The van der Waals surface area contributed by atoms with E-state index in [4.69, 9.17) is 0 Å². The average molecular weight is 376 g/mol. The normalized spacial score (nSPS) is 11.4. The van der Waals surface area contributed by atoms with Crippen LogP contribution in [0, 0.1) is 5.82 Å². The molecule has 1 heterocycles. The van der Waals surface area contributed by atoms with Gasteiger partial charge >= 0.3 is 5.97 Å². The number of aromatic carboxylic acids is 1. The lowest BCUT2D eigenvalue weighted by atomic mass is 9.97. The summed E-state index contributed by atoms with van der Waals surface area (Å²) < 4.78 is 36.4. The van der Waals surface area contributed by atoms with Crippen molar-refractivity contribution in [1.29, 1.82) is 0 Å². The Balaban J connectivity index is 2.18. The lowest BCUT2D eigenvalue weighted by molar-refractivity contribution is 0.0703. The Bertz CT molecular complexity index is 1030. The van der Waals surface area contributed by atoms with Crippen molar-refractivity contribution in [3.8, 4) is 22.3 Å². The molecule has 25 heavy (non-hydrogen) atoms. The van der Waals surface area contributed by atoms with Crippen LogP contribution < -0.4 is 0 Å². The van der Waals surface area contributed by atoms with Crippen molar-refractivity contribution in [3.05, 3.63) is 64.6 Å². The number of rotatable bonds is 4. The molecule has 0 saturated carbocycles. The maximum Gasteiger partial charge on any atom is 0.346 e. The number of thiophene rings is 1. The third kappa shape index (κ3) is 3.47. The number of carboxylic acids is 1. The molecule has 4 nitrogen and oxygen atoms in total. The summed E-state index contributed by atoms with van der Waals surface area (Å²) in [7, 11) is -3.34. The molecule has 1 N–H and O–H groups in total. The van der Waals surface area contributed by atoms with Crippen LogP contribution in [-0.4, -0.2) is 25.7 Å². The number of benzene rings is 2. The van der Waals surface area contributed by atoms with E-state index in [0.717, 1.165) is 17.6 Å². The van der Waals surface area contributed by atoms with E-state index in [9.17, 15) is 22.7 Å². The molecule has 0 fully saturated rings. The maximum absolute atomic E-state index is 13.2. The Hall–Kier alpha value is -2.51. The number of carboxylic acid groups (broad SMARTS) is 1. The summed E-state index contributed by atoms with van der Waals surface area (Å²) in [6.45, 7) is 0. The first-order valence-corrected chi connectivity index (χ1v) is 9.95. The molecular formula is C18H13FO4S2. The van der Waals surface area contributed by atoms with Crippen molar-refractivity contribution in [2.75, 3.05) is 6.26 Å². The minimum Gasteiger partial charge on any atom is -0.477 e. The minimum absolute atomic E-state index is 0.145. The molecule has 1 aromatic heterocycles. The van der Waals surface area contributed by atoms with Gasteiger partial charge in [0.15, 0.2) is 9.84 Å². The van der Waals surface area contributed by atoms with Crippen LogP contribution in [0.2, 0.25) is 0 Å². The highest BCUT2D eigenvalue weighted by Crippen LogP contribution is 2.39. The zero-order valence-electron chi connectivity index (χ0n) is 13.1. The van der Waals surface area contributed by atoms with E-state index in [1.165, 1.54) is 24.3 Å². The molecule has 128 valence electrons. The molecule has 0 radical (unpaired) electrons. The summed E-state index contributed by atoms with van der Waals surface area (Å²) in [5.74, 6) is -1.45. The van der Waals surface area contributed by atoms with Gasteiger partial charge < -0.3 is 5.11 Å². The van der Waals surface area contributed by atoms with Gasteiger partial charge in [-0.25, -0.2) is 17.6 Å². The first kappa shape index (κ1) is 17.3. The van der Waals surface area contributed by atoms with Crippen LogP contribution in [0.4, 0.5) is 4.39 Å². The second-order valence-corrected chi connectivity index (χ2v) is 8.36. The van der Waals surface area contributed by atoms with Gasteiger partial charge in [0.1, 0.15) is 10.7 Å². The molecule has 2 aromatic carbocycles. The van der Waals surface area contributed by atoms with Crippen LogP contribution in [0.5, 0.6) is 0 Å². The van der Waals surface area contributed by atoms with Crippen LogP contribution in [0.15, 0.2) is 58.8 Å². The van der Waals surface area contributed by atoms with Gasteiger partial charge in [-0.15, -0.1) is 11.3 Å². The lowest BCUT2D eigenvalue weighted by Gasteiger charge is -2.08. The van der Waals surface area contributed by atoms with Crippen LogP contribution >= 0.6 is 11.3 Å². The smallest absolute Gasteiger partial charge is 0.346 e. The number of hydrogen-bond acceptors (Lipinski definition) is 4. The van der Waals surface area contributed by atoms with Gasteiger partial charge in [-0.2, -0.15) is 0 Å². The Labute approximate surface area is 148 Å². The van der Waals surface area contributed by atoms with Crippen LogP contribution in [-0.2, 0) is 9.84 Å². The van der Waals surface area contributed by atoms with Gasteiger partial charge in [-0.3, -0.25) is 0 Å². The SMILES string of the molecule is CS(=O)(=O)c1ccc(-c2c(-c3ccc(F)cc3)csc2C(=O)O)cc1. The Morgan fingerprint density at radius 2 is 1.56 bits per heavy atom. The third-order valence-corrected chi connectivity index (χ3v) is 5.81. The predicted octanol–water partition coefficient (Wildman–Crippen LogP) is 4.32. The van der Waals surface area contributed by atoms with E-state index in [-0.39, 0.29) is 15.6 Å². The first-order valence-electron chi connectivity index (χ1n) is 7.18. The quantitative estimate of drug-likeness (QED) is 0.736. The van der Waals surface area contributed by atoms with Crippen LogP contribution in [0.25, 0.3) is 22.3 Å². The van der Waals surface area contributed by atoms with E-state index < -0.39 is 15.8 Å². The van der Waals surface area contributed by atoms with Gasteiger partial charge in [0.05, 0.1) is 4.90 Å². The molecule has 3 rings (SSSR count). The van der Waals surface area contributed by atoms with Gasteiger partial charge in [0, 0.05) is 22.8 Å². The van der Waals surface area contributed by atoms with E-state index in [1.807, 2.05) is 0 Å². The second kappa shape index (κ2) is 6.42. The lowest BCUT2D eigenvalue weighted by Crippen LogP contribution is -1.98. The molecule has 7 heteroatoms. The van der Waals surface area contributed by atoms with E-state index in [1.54, 1.807) is 29.6 Å². The van der Waals surface area contributed by atoms with E-state index in [0.29, 0.717) is 22.3 Å². The van der Waals surface area contributed by atoms with Crippen molar-refractivity contribution in [2.24, 2.45) is 0 Å². The molecule has 0 aliphatic carbocycles. The van der Waals surface area contributed by atoms with Crippen molar-refractivity contribution in [2.45, 2.75) is 4.90 Å². The Morgan fingerprint density at radius 3 is 2.08 bits per heavy atom. The molecule has 0 atom stereocenters. The highest BCUT2D eigenvalue weighted by Gasteiger charge is 2.20. The molecule has 3 aromatic rings. The summed E-state index contributed by atoms with van der Waals surface area (Å²) in [6.07, 6.45) is 1.11.